The molecule has 0 aliphatic carbocycles. The summed E-state index contributed by atoms with van der Waals surface area (Å²) in [7, 11) is 0. The highest BCUT2D eigenvalue weighted by molar-refractivity contribution is 9.10. The van der Waals surface area contributed by atoms with Crippen LogP contribution in [-0.4, -0.2) is 15.9 Å². The highest BCUT2D eigenvalue weighted by Crippen LogP contribution is 2.43. The zero-order valence-electron chi connectivity index (χ0n) is 19.6. The average Bonchev–Trinajstić information content (AvgIpc) is 3.35. The van der Waals surface area contributed by atoms with Gasteiger partial charge in [0.1, 0.15) is 17.9 Å². The summed E-state index contributed by atoms with van der Waals surface area (Å²) in [4.78, 5) is 21.9. The molecule has 2 aromatic heterocycles. The third-order valence-corrected chi connectivity index (χ3v) is 6.62. The molecule has 0 aliphatic rings. The predicted octanol–water partition coefficient (Wildman–Crippen LogP) is 8.24. The van der Waals surface area contributed by atoms with Crippen LogP contribution in [0.2, 0.25) is 0 Å². The van der Waals surface area contributed by atoms with Crippen molar-refractivity contribution < 1.29 is 9.21 Å². The Morgan fingerprint density at radius 3 is 2.05 bits per heavy atom. The van der Waals surface area contributed by atoms with E-state index in [1.54, 1.807) is 12.1 Å². The largest absolute Gasteiger partial charge is 0.437 e. The number of nitrogens with zero attached hydrogens (tertiary/aromatic N) is 2. The molecule has 0 atom stereocenters. The van der Waals surface area contributed by atoms with Gasteiger partial charge in [-0.05, 0) is 34.9 Å². The Hall–Kier alpha value is -4.55. The van der Waals surface area contributed by atoms with Crippen molar-refractivity contribution in [1.29, 1.82) is 0 Å². The lowest BCUT2D eigenvalue weighted by molar-refractivity contribution is 0.102. The van der Waals surface area contributed by atoms with Crippen LogP contribution in [0.3, 0.4) is 0 Å². The molecule has 6 heteroatoms. The number of amides is 1. The van der Waals surface area contributed by atoms with E-state index < -0.39 is 0 Å². The van der Waals surface area contributed by atoms with E-state index in [9.17, 15) is 4.79 Å². The Morgan fingerprint density at radius 2 is 1.35 bits per heavy atom. The lowest BCUT2D eigenvalue weighted by atomic mass is 9.97. The number of nitrogens with one attached hydrogen (secondary N) is 1. The zero-order chi connectivity index (χ0) is 25.2. The number of anilines is 1. The molecule has 0 radical (unpaired) electrons. The molecule has 6 rings (SSSR count). The van der Waals surface area contributed by atoms with Crippen molar-refractivity contribution in [2.75, 3.05) is 5.32 Å². The van der Waals surface area contributed by atoms with Crippen molar-refractivity contribution in [3.8, 4) is 33.6 Å². The molecular formula is C31H20BrN3O2. The van der Waals surface area contributed by atoms with Gasteiger partial charge in [0.2, 0.25) is 5.71 Å². The number of hydrogen-bond donors (Lipinski definition) is 1. The molecular weight excluding hydrogens is 526 g/mol. The molecule has 0 saturated heterocycles. The molecule has 1 N–H and O–H groups in total. The van der Waals surface area contributed by atoms with Gasteiger partial charge in [-0.1, -0.05) is 107 Å². The second-order valence-electron chi connectivity index (χ2n) is 8.48. The number of aromatic nitrogens is 2. The Kier molecular flexibility index (Phi) is 6.08. The molecule has 0 spiro atoms. The fraction of sp³-hybridized carbons (Fsp3) is 0. The molecule has 0 bridgehead atoms. The minimum absolute atomic E-state index is 0.268. The minimum Gasteiger partial charge on any atom is -0.437 e. The highest BCUT2D eigenvalue weighted by atomic mass is 79.9. The summed E-state index contributed by atoms with van der Waals surface area (Å²) >= 11 is 3.43. The zero-order valence-corrected chi connectivity index (χ0v) is 21.1. The summed E-state index contributed by atoms with van der Waals surface area (Å²) in [6.07, 6.45) is 1.40. The van der Waals surface area contributed by atoms with Gasteiger partial charge in [-0.3, -0.25) is 4.79 Å². The van der Waals surface area contributed by atoms with E-state index in [0.29, 0.717) is 28.2 Å². The van der Waals surface area contributed by atoms with E-state index in [0.717, 1.165) is 32.3 Å². The third-order valence-electron chi connectivity index (χ3n) is 6.12. The van der Waals surface area contributed by atoms with E-state index in [1.807, 2.05) is 72.8 Å². The maximum absolute atomic E-state index is 13.1. The molecule has 5 nitrogen and oxygen atoms in total. The molecule has 178 valence electrons. The normalized spacial score (nSPS) is 10.9. The summed E-state index contributed by atoms with van der Waals surface area (Å²) in [6.45, 7) is 0. The molecule has 6 aromatic rings. The van der Waals surface area contributed by atoms with Crippen molar-refractivity contribution in [1.82, 2.24) is 9.97 Å². The fourth-order valence-corrected chi connectivity index (χ4v) is 4.76. The number of furan rings is 1. The topological polar surface area (TPSA) is 68.0 Å². The molecule has 2 heterocycles. The second kappa shape index (κ2) is 9.84. The van der Waals surface area contributed by atoms with Crippen LogP contribution in [0.4, 0.5) is 5.82 Å². The van der Waals surface area contributed by atoms with E-state index in [4.69, 9.17) is 4.42 Å². The Balaban J connectivity index is 1.48. The number of fused-ring (bicyclic) bond motifs is 1. The first-order chi connectivity index (χ1) is 18.2. The molecule has 0 fully saturated rings. The van der Waals surface area contributed by atoms with Gasteiger partial charge in [0, 0.05) is 21.2 Å². The molecule has 1 amide bonds. The van der Waals surface area contributed by atoms with Crippen molar-refractivity contribution in [3.63, 3.8) is 0 Å². The van der Waals surface area contributed by atoms with Crippen molar-refractivity contribution >= 4 is 38.8 Å². The summed E-state index contributed by atoms with van der Waals surface area (Å²) in [5.74, 6) is 0.791. The summed E-state index contributed by atoms with van der Waals surface area (Å²) < 4.78 is 7.14. The van der Waals surface area contributed by atoms with Crippen LogP contribution in [0.5, 0.6) is 0 Å². The number of hydrogen-bond acceptors (Lipinski definition) is 4. The highest BCUT2D eigenvalue weighted by Gasteiger charge is 2.23. The summed E-state index contributed by atoms with van der Waals surface area (Å²) in [5.41, 5.74) is 5.85. The van der Waals surface area contributed by atoms with Gasteiger partial charge in [-0.2, -0.15) is 0 Å². The van der Waals surface area contributed by atoms with Crippen molar-refractivity contribution in [3.05, 3.63) is 126 Å². The molecule has 0 aliphatic heterocycles. The first-order valence-electron chi connectivity index (χ1n) is 11.7. The number of carbonyl (C=O) groups excluding carboxylic acids is 1. The fourth-order valence-electron chi connectivity index (χ4n) is 4.37. The van der Waals surface area contributed by atoms with Gasteiger partial charge >= 0.3 is 0 Å². The van der Waals surface area contributed by atoms with Crippen LogP contribution < -0.4 is 5.32 Å². The maximum atomic E-state index is 13.1. The van der Waals surface area contributed by atoms with Gasteiger partial charge in [-0.15, -0.1) is 0 Å². The van der Waals surface area contributed by atoms with Crippen LogP contribution in [0, 0.1) is 0 Å². The smallest absolute Gasteiger partial charge is 0.256 e. The van der Waals surface area contributed by atoms with Gasteiger partial charge in [0.25, 0.3) is 5.91 Å². The maximum Gasteiger partial charge on any atom is 0.256 e. The molecule has 0 saturated carbocycles. The number of benzene rings is 4. The van der Waals surface area contributed by atoms with Crippen LogP contribution in [0.25, 0.3) is 44.7 Å². The first kappa shape index (κ1) is 22.9. The standard InChI is InChI=1S/C31H20BrN3O2/c32-25-13-7-12-24(18-25)30(36)35-29-27-26(22-10-5-2-6-11-22)28(37-31(27)34-19-33-29)23-16-14-21(15-17-23)20-8-3-1-4-9-20/h1-19H,(H,33,34,35,36). The van der Waals surface area contributed by atoms with Gasteiger partial charge < -0.3 is 9.73 Å². The summed E-state index contributed by atoms with van der Waals surface area (Å²) in [6, 6.07) is 35.6. The number of carbonyl (C=O) groups is 1. The van der Waals surface area contributed by atoms with E-state index in [1.165, 1.54) is 6.33 Å². The van der Waals surface area contributed by atoms with E-state index in [2.05, 4.69) is 55.5 Å². The van der Waals surface area contributed by atoms with Crippen LogP contribution >= 0.6 is 15.9 Å². The monoisotopic (exact) mass is 545 g/mol. The van der Waals surface area contributed by atoms with Crippen LogP contribution in [0.15, 0.2) is 124 Å². The van der Waals surface area contributed by atoms with E-state index in [-0.39, 0.29) is 5.91 Å². The Morgan fingerprint density at radius 1 is 0.703 bits per heavy atom. The predicted molar refractivity (Wildman–Crippen MR) is 150 cm³/mol. The number of rotatable bonds is 5. The van der Waals surface area contributed by atoms with Gasteiger partial charge in [-0.25, -0.2) is 9.97 Å². The molecule has 4 aromatic carbocycles. The van der Waals surface area contributed by atoms with E-state index >= 15 is 0 Å². The molecule has 0 unspecified atom stereocenters. The lowest BCUT2D eigenvalue weighted by Gasteiger charge is -2.08. The van der Waals surface area contributed by atoms with Gasteiger partial charge in [0.15, 0.2) is 0 Å². The SMILES string of the molecule is O=C(Nc1ncnc2oc(-c3ccc(-c4ccccc4)cc3)c(-c3ccccc3)c12)c1cccc(Br)c1. The van der Waals surface area contributed by atoms with Gasteiger partial charge in [0.05, 0.1) is 5.39 Å². The van der Waals surface area contributed by atoms with Crippen LogP contribution in [0.1, 0.15) is 10.4 Å². The van der Waals surface area contributed by atoms with Crippen LogP contribution in [-0.2, 0) is 0 Å². The van der Waals surface area contributed by atoms with Crippen molar-refractivity contribution in [2.24, 2.45) is 0 Å². The first-order valence-corrected chi connectivity index (χ1v) is 12.5. The third kappa shape index (κ3) is 4.55. The van der Waals surface area contributed by atoms with Crippen molar-refractivity contribution in [2.45, 2.75) is 0 Å². The quantitative estimate of drug-likeness (QED) is 0.237. The Labute approximate surface area is 222 Å². The lowest BCUT2D eigenvalue weighted by Crippen LogP contribution is -2.13. The number of halogens is 1. The second-order valence-corrected chi connectivity index (χ2v) is 9.40. The average molecular weight is 546 g/mol. The Bertz CT molecular complexity index is 1710. The minimum atomic E-state index is -0.268. The molecule has 37 heavy (non-hydrogen) atoms. The summed E-state index contributed by atoms with van der Waals surface area (Å²) in [5, 5.41) is 3.62.